The highest BCUT2D eigenvalue weighted by molar-refractivity contribution is 7.99. The molecule has 0 aliphatic rings. The van der Waals surface area contributed by atoms with E-state index >= 15 is 0 Å². The maximum atomic E-state index is 10.7. The Bertz CT molecular complexity index is 159. The van der Waals surface area contributed by atoms with Crippen LogP contribution in [0.15, 0.2) is 0 Å². The van der Waals surface area contributed by atoms with Crippen molar-refractivity contribution < 1.29 is 17.5 Å². The van der Waals surface area contributed by atoms with Crippen molar-refractivity contribution in [1.29, 1.82) is 0 Å². The second kappa shape index (κ2) is 4.30. The maximum Gasteiger partial charge on any atom is 0.174 e. The Labute approximate surface area is 71.0 Å². The van der Waals surface area contributed by atoms with E-state index in [-0.39, 0.29) is 12.8 Å². The first-order chi connectivity index (χ1) is 5.01. The summed E-state index contributed by atoms with van der Waals surface area (Å²) in [4.78, 5) is 0. The van der Waals surface area contributed by atoms with Gasteiger partial charge in [0.05, 0.1) is 0 Å². The van der Waals surface area contributed by atoms with Crippen molar-refractivity contribution in [3.63, 3.8) is 0 Å². The van der Waals surface area contributed by atoms with Crippen LogP contribution in [0.3, 0.4) is 0 Å². The molecule has 0 bridgehead atoms. The van der Waals surface area contributed by atoms with Crippen molar-refractivity contribution in [1.82, 2.24) is 0 Å². The highest BCUT2D eigenvalue weighted by atomic mass is 32.3. The van der Waals surface area contributed by atoms with Gasteiger partial charge in [0, 0.05) is 0 Å². The lowest BCUT2D eigenvalue weighted by Gasteiger charge is -2.22. The highest BCUT2D eigenvalue weighted by Crippen LogP contribution is 2.25. The monoisotopic (exact) mass is 200 g/mol. The lowest BCUT2D eigenvalue weighted by molar-refractivity contribution is 0.491. The molecule has 2 N–H and O–H groups in total. The van der Waals surface area contributed by atoms with E-state index in [4.69, 9.17) is 9.11 Å². The van der Waals surface area contributed by atoms with E-state index in [1.54, 1.807) is 13.8 Å². The molecular formula is C5H12O4S2. The third kappa shape index (κ3) is 2.08. The topological polar surface area (TPSA) is 74.6 Å². The molecule has 0 radical (unpaired) electrons. The zero-order valence-corrected chi connectivity index (χ0v) is 8.07. The van der Waals surface area contributed by atoms with Crippen LogP contribution in [0, 0.1) is 0 Å². The molecule has 6 heteroatoms. The fourth-order valence-electron chi connectivity index (χ4n) is 0.805. The highest BCUT2D eigenvalue weighted by Gasteiger charge is 2.39. The molecule has 0 fully saturated rings. The molecule has 4 nitrogen and oxygen atoms in total. The quantitative estimate of drug-likeness (QED) is 0.662. The summed E-state index contributed by atoms with van der Waals surface area (Å²) in [5.41, 5.74) is 0. The van der Waals surface area contributed by atoms with E-state index < -0.39 is 26.2 Å². The van der Waals surface area contributed by atoms with Crippen LogP contribution in [-0.2, 0) is 22.2 Å². The van der Waals surface area contributed by atoms with Gasteiger partial charge in [0.1, 0.15) is 0 Å². The minimum atomic E-state index is -2.24. The lowest BCUT2D eigenvalue weighted by atomic mass is 10.2. The Morgan fingerprint density at radius 2 is 1.36 bits per heavy atom. The van der Waals surface area contributed by atoms with Crippen LogP contribution in [0.2, 0.25) is 0 Å². The molecule has 0 saturated carbocycles. The summed E-state index contributed by atoms with van der Waals surface area (Å²) in [6.45, 7) is 3.23. The average molecular weight is 200 g/mol. The SMILES string of the molecule is CCC(CC)(S(=O)O)S(=O)O. The molecule has 0 aliphatic heterocycles. The van der Waals surface area contributed by atoms with Crippen LogP contribution in [0.25, 0.3) is 0 Å². The largest absolute Gasteiger partial charge is 0.305 e. The van der Waals surface area contributed by atoms with Crippen molar-refractivity contribution in [3.8, 4) is 0 Å². The smallest absolute Gasteiger partial charge is 0.174 e. The Morgan fingerprint density at radius 3 is 1.36 bits per heavy atom. The van der Waals surface area contributed by atoms with Crippen molar-refractivity contribution >= 4 is 22.2 Å². The van der Waals surface area contributed by atoms with Gasteiger partial charge in [-0.2, -0.15) is 0 Å². The lowest BCUT2D eigenvalue weighted by Crippen LogP contribution is -2.37. The summed E-state index contributed by atoms with van der Waals surface area (Å²) in [6.07, 6.45) is 0.436. The Kier molecular flexibility index (Phi) is 4.38. The summed E-state index contributed by atoms with van der Waals surface area (Å²) in [5, 5.41) is 0. The molecule has 0 rings (SSSR count). The normalized spacial score (nSPS) is 17.8. The Morgan fingerprint density at radius 1 is 1.09 bits per heavy atom. The van der Waals surface area contributed by atoms with Crippen molar-refractivity contribution in [2.75, 3.05) is 0 Å². The van der Waals surface area contributed by atoms with E-state index in [0.717, 1.165) is 0 Å². The number of rotatable bonds is 4. The molecule has 11 heavy (non-hydrogen) atoms. The maximum absolute atomic E-state index is 10.7. The van der Waals surface area contributed by atoms with Gasteiger partial charge in [0.25, 0.3) is 0 Å². The van der Waals surface area contributed by atoms with E-state index in [9.17, 15) is 8.42 Å². The molecule has 0 aromatic carbocycles. The summed E-state index contributed by atoms with van der Waals surface area (Å²) in [7, 11) is 0. The van der Waals surface area contributed by atoms with Crippen LogP contribution in [0.5, 0.6) is 0 Å². The summed E-state index contributed by atoms with van der Waals surface area (Å²) in [5.74, 6) is 0. The minimum Gasteiger partial charge on any atom is -0.305 e. The second-order valence-electron chi connectivity index (χ2n) is 2.12. The van der Waals surface area contributed by atoms with Crippen molar-refractivity contribution in [2.24, 2.45) is 0 Å². The van der Waals surface area contributed by atoms with E-state index in [1.807, 2.05) is 0 Å². The van der Waals surface area contributed by atoms with Gasteiger partial charge in [-0.1, -0.05) is 13.8 Å². The summed E-state index contributed by atoms with van der Waals surface area (Å²) >= 11 is -4.48. The van der Waals surface area contributed by atoms with Crippen molar-refractivity contribution in [2.45, 2.75) is 30.8 Å². The molecule has 2 unspecified atom stereocenters. The van der Waals surface area contributed by atoms with Crippen LogP contribution < -0.4 is 0 Å². The van der Waals surface area contributed by atoms with Crippen LogP contribution in [-0.4, -0.2) is 21.6 Å². The van der Waals surface area contributed by atoms with Crippen LogP contribution in [0.4, 0.5) is 0 Å². The van der Waals surface area contributed by atoms with E-state index in [0.29, 0.717) is 0 Å². The van der Waals surface area contributed by atoms with Gasteiger partial charge in [0.2, 0.25) is 0 Å². The first-order valence-corrected chi connectivity index (χ1v) is 5.44. The third-order valence-electron chi connectivity index (χ3n) is 1.71. The summed E-state index contributed by atoms with van der Waals surface area (Å²) < 4.78 is 37.5. The molecule has 0 heterocycles. The van der Waals surface area contributed by atoms with Gasteiger partial charge in [0.15, 0.2) is 26.2 Å². The van der Waals surface area contributed by atoms with E-state index in [2.05, 4.69) is 0 Å². The molecule has 0 aromatic rings. The molecule has 0 amide bonds. The van der Waals surface area contributed by atoms with Gasteiger partial charge in [-0.3, -0.25) is 0 Å². The molecule has 2 atom stereocenters. The van der Waals surface area contributed by atoms with Gasteiger partial charge in [-0.05, 0) is 12.8 Å². The predicted molar refractivity (Wildman–Crippen MR) is 44.9 cm³/mol. The van der Waals surface area contributed by atoms with Crippen LogP contribution in [0.1, 0.15) is 26.7 Å². The predicted octanol–water partition coefficient (Wildman–Crippen LogP) is 0.946. The second-order valence-corrected chi connectivity index (χ2v) is 4.93. The van der Waals surface area contributed by atoms with Gasteiger partial charge in [-0.25, -0.2) is 8.42 Å². The van der Waals surface area contributed by atoms with Gasteiger partial charge >= 0.3 is 0 Å². The zero-order valence-electron chi connectivity index (χ0n) is 6.44. The number of hydrogen-bond donors (Lipinski definition) is 2. The standard InChI is InChI=1S/C5H12O4S2/c1-3-5(4-2,10(6)7)11(8)9/h3-4H2,1-2H3,(H,6,7)(H,8,9). The first-order valence-electron chi connectivity index (χ1n) is 3.23. The molecular weight excluding hydrogens is 188 g/mol. The minimum absolute atomic E-state index is 0.218. The van der Waals surface area contributed by atoms with E-state index in [1.165, 1.54) is 0 Å². The first kappa shape index (κ1) is 11.2. The Hall–Kier alpha value is 0.220. The zero-order chi connectivity index (χ0) is 9.07. The molecule has 0 aliphatic carbocycles. The molecule has 0 spiro atoms. The third-order valence-corrected chi connectivity index (χ3v) is 5.00. The van der Waals surface area contributed by atoms with Crippen LogP contribution >= 0.6 is 0 Å². The molecule has 68 valence electrons. The average Bonchev–Trinajstić information content (AvgIpc) is 1.90. The fourth-order valence-corrected chi connectivity index (χ4v) is 2.28. The Balaban J connectivity index is 4.76. The fraction of sp³-hybridized carbons (Fsp3) is 1.00. The van der Waals surface area contributed by atoms with Gasteiger partial charge < -0.3 is 9.11 Å². The van der Waals surface area contributed by atoms with Crippen molar-refractivity contribution in [3.05, 3.63) is 0 Å². The summed E-state index contributed by atoms with van der Waals surface area (Å²) in [6, 6.07) is 0. The van der Waals surface area contributed by atoms with Gasteiger partial charge in [-0.15, -0.1) is 0 Å². The molecule has 0 aromatic heterocycles. The molecule has 0 saturated heterocycles. The number of hydrogen-bond acceptors (Lipinski definition) is 2.